The predicted molar refractivity (Wildman–Crippen MR) is 76.3 cm³/mol. The fourth-order valence-corrected chi connectivity index (χ4v) is 3.35. The Morgan fingerprint density at radius 2 is 2.06 bits per heavy atom. The van der Waals surface area contributed by atoms with E-state index in [2.05, 4.69) is 27.3 Å². The van der Waals surface area contributed by atoms with Gasteiger partial charge in [-0.15, -0.1) is 11.3 Å². The van der Waals surface area contributed by atoms with Crippen molar-refractivity contribution in [2.45, 2.75) is 6.04 Å². The minimum absolute atomic E-state index is 0.0872. The summed E-state index contributed by atoms with van der Waals surface area (Å²) in [5, 5.41) is 14.1. The molecule has 0 saturated carbocycles. The number of rotatable bonds is 4. The number of hydrogen-bond donors (Lipinski definition) is 2. The van der Waals surface area contributed by atoms with Crippen LogP contribution in [0.4, 0.5) is 0 Å². The van der Waals surface area contributed by atoms with Crippen LogP contribution in [0.25, 0.3) is 0 Å². The van der Waals surface area contributed by atoms with Crippen LogP contribution in [0.3, 0.4) is 0 Å². The van der Waals surface area contributed by atoms with Gasteiger partial charge in [0.05, 0.1) is 11.6 Å². The van der Waals surface area contributed by atoms with Gasteiger partial charge in [0.15, 0.2) is 0 Å². The Balaban J connectivity index is 2.30. The molecule has 0 fully saturated rings. The number of aromatic carboxylic acids is 1. The van der Waals surface area contributed by atoms with Crippen molar-refractivity contribution >= 4 is 33.2 Å². The molecule has 5 heteroatoms. The van der Waals surface area contributed by atoms with E-state index in [1.165, 1.54) is 4.88 Å². The van der Waals surface area contributed by atoms with Crippen LogP contribution < -0.4 is 5.32 Å². The smallest absolute Gasteiger partial charge is 0.335 e. The SMILES string of the molecule is CNC(c1ccc(C(=O)O)cc1)c1cc(Br)cs1. The zero-order valence-electron chi connectivity index (χ0n) is 9.68. The number of carboxylic acid groups (broad SMARTS) is 1. The first kappa shape index (κ1) is 13.3. The van der Waals surface area contributed by atoms with Gasteiger partial charge in [-0.1, -0.05) is 12.1 Å². The van der Waals surface area contributed by atoms with Crippen molar-refractivity contribution in [3.05, 3.63) is 56.2 Å². The maximum atomic E-state index is 10.8. The van der Waals surface area contributed by atoms with Gasteiger partial charge in [0.25, 0.3) is 0 Å². The Labute approximate surface area is 118 Å². The highest BCUT2D eigenvalue weighted by Gasteiger charge is 2.14. The van der Waals surface area contributed by atoms with E-state index < -0.39 is 5.97 Å². The van der Waals surface area contributed by atoms with Gasteiger partial charge >= 0.3 is 5.97 Å². The van der Waals surface area contributed by atoms with Gasteiger partial charge < -0.3 is 10.4 Å². The second kappa shape index (κ2) is 5.65. The molecule has 0 aliphatic heterocycles. The highest BCUT2D eigenvalue weighted by molar-refractivity contribution is 9.10. The summed E-state index contributed by atoms with van der Waals surface area (Å²) >= 11 is 5.10. The van der Waals surface area contributed by atoms with Crippen molar-refractivity contribution in [1.29, 1.82) is 0 Å². The summed E-state index contributed by atoms with van der Waals surface area (Å²) in [5.41, 5.74) is 1.36. The fourth-order valence-electron chi connectivity index (χ4n) is 1.77. The molecule has 0 aliphatic carbocycles. The molecule has 1 aromatic heterocycles. The van der Waals surface area contributed by atoms with Crippen molar-refractivity contribution in [3.8, 4) is 0 Å². The quantitative estimate of drug-likeness (QED) is 0.904. The van der Waals surface area contributed by atoms with Crippen LogP contribution in [0.15, 0.2) is 40.2 Å². The minimum Gasteiger partial charge on any atom is -0.478 e. The lowest BCUT2D eigenvalue weighted by molar-refractivity contribution is 0.0697. The Bertz CT molecular complexity index is 550. The topological polar surface area (TPSA) is 49.3 Å². The summed E-state index contributed by atoms with van der Waals surface area (Å²) in [4.78, 5) is 12.0. The lowest BCUT2D eigenvalue weighted by Gasteiger charge is -2.15. The first-order valence-corrected chi connectivity index (χ1v) is 7.03. The predicted octanol–water partition coefficient (Wildman–Crippen LogP) is 3.52. The monoisotopic (exact) mass is 325 g/mol. The van der Waals surface area contributed by atoms with E-state index in [1.54, 1.807) is 23.5 Å². The van der Waals surface area contributed by atoms with E-state index in [0.717, 1.165) is 10.0 Å². The van der Waals surface area contributed by atoms with E-state index >= 15 is 0 Å². The highest BCUT2D eigenvalue weighted by Crippen LogP contribution is 2.29. The largest absolute Gasteiger partial charge is 0.478 e. The molecule has 1 unspecified atom stereocenters. The van der Waals surface area contributed by atoms with Gasteiger partial charge in [0.1, 0.15) is 0 Å². The molecule has 0 saturated heterocycles. The number of thiophene rings is 1. The normalized spacial score (nSPS) is 12.3. The maximum Gasteiger partial charge on any atom is 0.335 e. The van der Waals surface area contributed by atoms with Crippen LogP contribution in [0, 0.1) is 0 Å². The maximum absolute atomic E-state index is 10.8. The molecular formula is C13H12BrNO2S. The number of nitrogens with one attached hydrogen (secondary N) is 1. The van der Waals surface area contributed by atoms with Crippen LogP contribution >= 0.6 is 27.3 Å². The Kier molecular flexibility index (Phi) is 4.16. The molecule has 1 atom stereocenters. The third kappa shape index (κ3) is 2.80. The van der Waals surface area contributed by atoms with Gasteiger partial charge in [-0.3, -0.25) is 0 Å². The summed E-state index contributed by atoms with van der Waals surface area (Å²) in [5.74, 6) is -0.901. The lowest BCUT2D eigenvalue weighted by Crippen LogP contribution is -2.16. The van der Waals surface area contributed by atoms with Crippen LogP contribution in [0.2, 0.25) is 0 Å². The molecule has 0 amide bonds. The van der Waals surface area contributed by atoms with Gasteiger partial charge in [-0.05, 0) is 46.7 Å². The molecule has 1 heterocycles. The third-order valence-corrected chi connectivity index (χ3v) is 4.41. The average molecular weight is 326 g/mol. The number of benzene rings is 1. The molecule has 0 aliphatic rings. The van der Waals surface area contributed by atoms with E-state index in [0.29, 0.717) is 5.56 Å². The second-order valence-electron chi connectivity index (χ2n) is 3.82. The van der Waals surface area contributed by atoms with Gasteiger partial charge in [0.2, 0.25) is 0 Å². The standard InChI is InChI=1S/C13H12BrNO2S/c1-15-12(11-6-10(14)7-18-11)8-2-4-9(5-3-8)13(16)17/h2-7,12,15H,1H3,(H,16,17). The summed E-state index contributed by atoms with van der Waals surface area (Å²) in [7, 11) is 1.89. The Morgan fingerprint density at radius 3 is 2.50 bits per heavy atom. The number of halogens is 1. The Morgan fingerprint density at radius 1 is 1.39 bits per heavy atom. The van der Waals surface area contributed by atoms with Crippen molar-refractivity contribution in [2.75, 3.05) is 7.05 Å². The van der Waals surface area contributed by atoms with E-state index in [1.807, 2.05) is 24.6 Å². The molecule has 2 rings (SSSR count). The summed E-state index contributed by atoms with van der Waals surface area (Å²) in [6, 6.07) is 9.10. The van der Waals surface area contributed by atoms with Crippen LogP contribution in [-0.2, 0) is 0 Å². The number of carbonyl (C=O) groups is 1. The average Bonchev–Trinajstić information content (AvgIpc) is 2.77. The first-order valence-electron chi connectivity index (χ1n) is 5.36. The zero-order chi connectivity index (χ0) is 13.1. The summed E-state index contributed by atoms with van der Waals surface area (Å²) in [6.45, 7) is 0. The molecule has 3 nitrogen and oxygen atoms in total. The molecule has 94 valence electrons. The number of carboxylic acids is 1. The van der Waals surface area contributed by atoms with E-state index in [-0.39, 0.29) is 6.04 Å². The molecule has 0 radical (unpaired) electrons. The molecule has 1 aromatic carbocycles. The van der Waals surface area contributed by atoms with Crippen molar-refractivity contribution < 1.29 is 9.90 Å². The number of hydrogen-bond acceptors (Lipinski definition) is 3. The van der Waals surface area contributed by atoms with Gasteiger partial charge in [0, 0.05) is 14.7 Å². The molecular weight excluding hydrogens is 314 g/mol. The van der Waals surface area contributed by atoms with Crippen molar-refractivity contribution in [2.24, 2.45) is 0 Å². The van der Waals surface area contributed by atoms with Crippen LogP contribution in [0.1, 0.15) is 26.8 Å². The summed E-state index contributed by atoms with van der Waals surface area (Å²) in [6.07, 6.45) is 0. The fraction of sp³-hybridized carbons (Fsp3) is 0.154. The zero-order valence-corrected chi connectivity index (χ0v) is 12.1. The van der Waals surface area contributed by atoms with Crippen LogP contribution in [-0.4, -0.2) is 18.1 Å². The molecule has 0 spiro atoms. The molecule has 2 aromatic rings. The van der Waals surface area contributed by atoms with E-state index in [4.69, 9.17) is 5.11 Å². The minimum atomic E-state index is -0.901. The molecule has 0 bridgehead atoms. The van der Waals surface area contributed by atoms with E-state index in [9.17, 15) is 4.79 Å². The second-order valence-corrected chi connectivity index (χ2v) is 5.67. The highest BCUT2D eigenvalue weighted by atomic mass is 79.9. The summed E-state index contributed by atoms with van der Waals surface area (Å²) < 4.78 is 1.06. The first-order chi connectivity index (χ1) is 8.61. The van der Waals surface area contributed by atoms with Crippen molar-refractivity contribution in [3.63, 3.8) is 0 Å². The van der Waals surface area contributed by atoms with Crippen LogP contribution in [0.5, 0.6) is 0 Å². The Hall–Kier alpha value is -1.17. The van der Waals surface area contributed by atoms with Gasteiger partial charge in [-0.25, -0.2) is 4.79 Å². The third-order valence-electron chi connectivity index (χ3n) is 2.65. The lowest BCUT2D eigenvalue weighted by atomic mass is 10.0. The van der Waals surface area contributed by atoms with Crippen molar-refractivity contribution in [1.82, 2.24) is 5.32 Å². The van der Waals surface area contributed by atoms with Gasteiger partial charge in [-0.2, -0.15) is 0 Å². The molecule has 18 heavy (non-hydrogen) atoms. The molecule has 2 N–H and O–H groups in total.